The summed E-state index contributed by atoms with van der Waals surface area (Å²) in [6, 6.07) is 0. The Bertz CT molecular complexity index is 115. The predicted molar refractivity (Wildman–Crippen MR) is 35.1 cm³/mol. The molecule has 3 atom stereocenters. The first-order valence-corrected chi connectivity index (χ1v) is 3.76. The summed E-state index contributed by atoms with van der Waals surface area (Å²) in [5.41, 5.74) is 0. The van der Waals surface area contributed by atoms with Crippen molar-refractivity contribution in [1.29, 1.82) is 0 Å². The van der Waals surface area contributed by atoms with Gasteiger partial charge in [-0.05, 0) is 25.3 Å². The molecule has 0 bridgehead atoms. The quantitative estimate of drug-likeness (QED) is 0.479. The lowest BCUT2D eigenvalue weighted by atomic mass is 10.00. The van der Waals surface area contributed by atoms with E-state index in [0.717, 1.165) is 25.4 Å². The summed E-state index contributed by atoms with van der Waals surface area (Å²) in [5.74, 6) is 1.38. The van der Waals surface area contributed by atoms with Gasteiger partial charge in [0.15, 0.2) is 0 Å². The molecule has 0 amide bonds. The van der Waals surface area contributed by atoms with Gasteiger partial charge in [-0.2, -0.15) is 0 Å². The summed E-state index contributed by atoms with van der Waals surface area (Å²) < 4.78 is 0. The van der Waals surface area contributed by atoms with Crippen molar-refractivity contribution in [2.75, 3.05) is 13.1 Å². The van der Waals surface area contributed by atoms with Crippen LogP contribution in [0.15, 0.2) is 0 Å². The maximum atomic E-state index is 9.36. The molecule has 2 N–H and O–H groups in total. The predicted octanol–water partition coefficient (Wildman–Crippen LogP) is -0.0233. The van der Waals surface area contributed by atoms with E-state index < -0.39 is 0 Å². The number of rotatable bonds is 0. The summed E-state index contributed by atoms with van der Waals surface area (Å²) in [7, 11) is 0. The van der Waals surface area contributed by atoms with Crippen LogP contribution in [0.3, 0.4) is 0 Å². The fourth-order valence-electron chi connectivity index (χ4n) is 2.12. The Kier molecular flexibility index (Phi) is 1.24. The normalized spacial score (nSPS) is 49.7. The molecule has 0 radical (unpaired) electrons. The SMILES string of the molecule is O[C@H]1CC[C@H]2CNC[C@@H]21. The molecule has 0 aromatic rings. The van der Waals surface area contributed by atoms with Crippen molar-refractivity contribution in [3.8, 4) is 0 Å². The zero-order valence-electron chi connectivity index (χ0n) is 5.51. The molecule has 0 aromatic heterocycles. The van der Waals surface area contributed by atoms with Gasteiger partial charge < -0.3 is 10.4 Å². The molecule has 0 unspecified atom stereocenters. The Morgan fingerprint density at radius 2 is 2.11 bits per heavy atom. The lowest BCUT2D eigenvalue weighted by Gasteiger charge is -2.09. The molecule has 2 nitrogen and oxygen atoms in total. The van der Waals surface area contributed by atoms with Crippen LogP contribution in [-0.2, 0) is 0 Å². The van der Waals surface area contributed by atoms with Crippen LogP contribution in [0, 0.1) is 11.8 Å². The van der Waals surface area contributed by atoms with E-state index in [1.807, 2.05) is 0 Å². The van der Waals surface area contributed by atoms with E-state index in [9.17, 15) is 5.11 Å². The highest BCUT2D eigenvalue weighted by Crippen LogP contribution is 2.33. The van der Waals surface area contributed by atoms with Gasteiger partial charge in [-0.15, -0.1) is 0 Å². The van der Waals surface area contributed by atoms with Crippen LogP contribution in [0.2, 0.25) is 0 Å². The van der Waals surface area contributed by atoms with Crippen LogP contribution < -0.4 is 5.32 Å². The Hall–Kier alpha value is -0.0800. The van der Waals surface area contributed by atoms with Crippen molar-refractivity contribution in [2.24, 2.45) is 11.8 Å². The van der Waals surface area contributed by atoms with Gasteiger partial charge in [0, 0.05) is 12.5 Å². The molecule has 1 aliphatic carbocycles. The van der Waals surface area contributed by atoms with Crippen LogP contribution in [0.5, 0.6) is 0 Å². The molecule has 1 saturated heterocycles. The summed E-state index contributed by atoms with van der Waals surface area (Å²) in [4.78, 5) is 0. The van der Waals surface area contributed by atoms with Crippen LogP contribution >= 0.6 is 0 Å². The largest absolute Gasteiger partial charge is 0.393 e. The number of aliphatic hydroxyl groups excluding tert-OH is 1. The molecular weight excluding hydrogens is 114 g/mol. The van der Waals surface area contributed by atoms with E-state index in [-0.39, 0.29) is 6.10 Å². The number of hydrogen-bond acceptors (Lipinski definition) is 2. The topological polar surface area (TPSA) is 32.3 Å². The highest BCUT2D eigenvalue weighted by molar-refractivity contribution is 4.91. The highest BCUT2D eigenvalue weighted by Gasteiger charge is 2.37. The van der Waals surface area contributed by atoms with Gasteiger partial charge in [0.2, 0.25) is 0 Å². The zero-order valence-corrected chi connectivity index (χ0v) is 5.51. The van der Waals surface area contributed by atoms with Gasteiger partial charge in [-0.25, -0.2) is 0 Å². The van der Waals surface area contributed by atoms with Crippen LogP contribution in [-0.4, -0.2) is 24.3 Å². The number of aliphatic hydroxyl groups is 1. The van der Waals surface area contributed by atoms with E-state index in [4.69, 9.17) is 0 Å². The first kappa shape index (κ1) is 5.69. The molecule has 1 aliphatic heterocycles. The van der Waals surface area contributed by atoms with Gasteiger partial charge >= 0.3 is 0 Å². The average molecular weight is 127 g/mol. The van der Waals surface area contributed by atoms with Gasteiger partial charge in [0.1, 0.15) is 0 Å². The Morgan fingerprint density at radius 1 is 1.22 bits per heavy atom. The van der Waals surface area contributed by atoms with Gasteiger partial charge in [0.25, 0.3) is 0 Å². The van der Waals surface area contributed by atoms with E-state index in [1.165, 1.54) is 6.42 Å². The van der Waals surface area contributed by atoms with E-state index in [1.54, 1.807) is 0 Å². The fourth-order valence-corrected chi connectivity index (χ4v) is 2.12. The second-order valence-electron chi connectivity index (χ2n) is 3.23. The van der Waals surface area contributed by atoms with Crippen molar-refractivity contribution in [3.05, 3.63) is 0 Å². The molecule has 2 heteroatoms. The summed E-state index contributed by atoms with van der Waals surface area (Å²) in [5, 5.41) is 12.7. The van der Waals surface area contributed by atoms with Gasteiger partial charge in [-0.1, -0.05) is 0 Å². The molecule has 2 rings (SSSR count). The smallest absolute Gasteiger partial charge is 0.0583 e. The minimum Gasteiger partial charge on any atom is -0.393 e. The third-order valence-corrected chi connectivity index (χ3v) is 2.72. The molecule has 2 aliphatic rings. The first-order valence-electron chi connectivity index (χ1n) is 3.76. The summed E-state index contributed by atoms with van der Waals surface area (Å²) in [6.45, 7) is 2.19. The summed E-state index contributed by atoms with van der Waals surface area (Å²) in [6.07, 6.45) is 2.28. The van der Waals surface area contributed by atoms with Crippen LogP contribution in [0.4, 0.5) is 0 Å². The molecule has 1 saturated carbocycles. The van der Waals surface area contributed by atoms with Crippen molar-refractivity contribution in [1.82, 2.24) is 5.32 Å². The van der Waals surface area contributed by atoms with Crippen molar-refractivity contribution < 1.29 is 5.11 Å². The molecule has 1 heterocycles. The standard InChI is InChI=1S/C7H13NO/c9-7-2-1-5-3-8-4-6(5)7/h5-9H,1-4H2/t5-,6-,7-/m0/s1. The average Bonchev–Trinajstić information content (AvgIpc) is 2.35. The molecule has 2 fully saturated rings. The minimum atomic E-state index is 0.00463. The van der Waals surface area contributed by atoms with Crippen LogP contribution in [0.25, 0.3) is 0 Å². The minimum absolute atomic E-state index is 0.00463. The fraction of sp³-hybridized carbons (Fsp3) is 1.00. The Balaban J connectivity index is 2.07. The zero-order chi connectivity index (χ0) is 6.27. The summed E-state index contributed by atoms with van der Waals surface area (Å²) >= 11 is 0. The van der Waals surface area contributed by atoms with E-state index >= 15 is 0 Å². The van der Waals surface area contributed by atoms with Gasteiger partial charge in [0.05, 0.1) is 6.10 Å². The monoisotopic (exact) mass is 127 g/mol. The Labute approximate surface area is 55.3 Å². The van der Waals surface area contributed by atoms with Crippen molar-refractivity contribution in [3.63, 3.8) is 0 Å². The molecule has 0 aromatic carbocycles. The van der Waals surface area contributed by atoms with Gasteiger partial charge in [-0.3, -0.25) is 0 Å². The maximum absolute atomic E-state index is 9.36. The van der Waals surface area contributed by atoms with E-state index in [2.05, 4.69) is 5.32 Å². The third-order valence-electron chi connectivity index (χ3n) is 2.72. The molecular formula is C7H13NO. The number of hydrogen-bond donors (Lipinski definition) is 2. The molecule has 9 heavy (non-hydrogen) atoms. The van der Waals surface area contributed by atoms with Crippen LogP contribution in [0.1, 0.15) is 12.8 Å². The Morgan fingerprint density at radius 3 is 2.89 bits per heavy atom. The lowest BCUT2D eigenvalue weighted by molar-refractivity contribution is 0.133. The maximum Gasteiger partial charge on any atom is 0.0583 e. The van der Waals surface area contributed by atoms with Crippen molar-refractivity contribution in [2.45, 2.75) is 18.9 Å². The van der Waals surface area contributed by atoms with Crippen molar-refractivity contribution >= 4 is 0 Å². The second-order valence-corrected chi connectivity index (χ2v) is 3.23. The molecule has 52 valence electrons. The first-order chi connectivity index (χ1) is 4.38. The molecule has 0 spiro atoms. The third kappa shape index (κ3) is 0.775. The lowest BCUT2D eigenvalue weighted by Crippen LogP contribution is -2.19. The number of nitrogens with one attached hydrogen (secondary N) is 1. The number of fused-ring (bicyclic) bond motifs is 1. The highest BCUT2D eigenvalue weighted by atomic mass is 16.3. The van der Waals surface area contributed by atoms with E-state index in [0.29, 0.717) is 5.92 Å². The second kappa shape index (κ2) is 1.96.